The number of hydrogen-bond acceptors (Lipinski definition) is 7. The van der Waals surface area contributed by atoms with E-state index in [0.717, 1.165) is 0 Å². The Labute approximate surface area is 184 Å². The van der Waals surface area contributed by atoms with E-state index in [0.29, 0.717) is 46.9 Å². The van der Waals surface area contributed by atoms with Crippen molar-refractivity contribution >= 4 is 33.8 Å². The van der Waals surface area contributed by atoms with E-state index >= 15 is 0 Å². The molecule has 1 unspecified atom stereocenters. The fourth-order valence-corrected chi connectivity index (χ4v) is 3.82. The van der Waals surface area contributed by atoms with Crippen LogP contribution < -0.4 is 15.1 Å². The number of rotatable bonds is 3. The average Bonchev–Trinajstić information content (AvgIpc) is 3.22. The largest absolute Gasteiger partial charge is 0.497 e. The zero-order valence-corrected chi connectivity index (χ0v) is 18.5. The van der Waals surface area contributed by atoms with E-state index in [1.807, 2.05) is 0 Å². The zero-order chi connectivity index (χ0) is 23.0. The molecule has 32 heavy (non-hydrogen) atoms. The van der Waals surface area contributed by atoms with Gasteiger partial charge in [0.15, 0.2) is 0 Å². The highest BCUT2D eigenvalue weighted by Crippen LogP contribution is 2.29. The predicted octanol–water partition coefficient (Wildman–Crippen LogP) is 4.26. The van der Waals surface area contributed by atoms with Crippen LogP contribution in [0.1, 0.15) is 33.6 Å². The van der Waals surface area contributed by atoms with E-state index in [4.69, 9.17) is 18.6 Å². The molecule has 3 aromatic rings. The third-order valence-electron chi connectivity index (χ3n) is 5.26. The summed E-state index contributed by atoms with van der Waals surface area (Å²) in [5, 5.41) is 1.82. The van der Waals surface area contributed by atoms with Crippen LogP contribution in [0.4, 0.5) is 4.79 Å². The predicted molar refractivity (Wildman–Crippen MR) is 118 cm³/mol. The lowest BCUT2D eigenvalue weighted by Gasteiger charge is -2.27. The van der Waals surface area contributed by atoms with E-state index in [2.05, 4.69) is 0 Å². The first-order chi connectivity index (χ1) is 15.2. The van der Waals surface area contributed by atoms with Gasteiger partial charge in [-0.05, 0) is 63.9 Å². The van der Waals surface area contributed by atoms with Gasteiger partial charge in [-0.15, -0.1) is 0 Å². The summed E-state index contributed by atoms with van der Waals surface area (Å²) < 4.78 is 21.6. The maximum absolute atomic E-state index is 12.8. The Morgan fingerprint density at radius 2 is 1.75 bits per heavy atom. The average molecular weight is 439 g/mol. The maximum atomic E-state index is 12.8. The summed E-state index contributed by atoms with van der Waals surface area (Å²) in [4.78, 5) is 39.1. The van der Waals surface area contributed by atoms with Gasteiger partial charge in [-0.2, -0.15) is 0 Å². The molecular formula is C24H25NO7. The van der Waals surface area contributed by atoms with Crippen LogP contribution in [0.15, 0.2) is 45.6 Å². The Kier molecular flexibility index (Phi) is 5.54. The number of hydrogen-bond donors (Lipinski definition) is 0. The lowest BCUT2D eigenvalue weighted by molar-refractivity contribution is -0.139. The van der Waals surface area contributed by atoms with Gasteiger partial charge in [-0.1, -0.05) is 0 Å². The van der Waals surface area contributed by atoms with Gasteiger partial charge in [0.1, 0.15) is 28.7 Å². The van der Waals surface area contributed by atoms with Gasteiger partial charge in [-0.3, -0.25) is 4.90 Å². The zero-order valence-electron chi connectivity index (χ0n) is 18.5. The minimum atomic E-state index is -0.725. The number of fused-ring (bicyclic) bond motifs is 3. The van der Waals surface area contributed by atoms with Crippen molar-refractivity contribution in [2.24, 2.45) is 0 Å². The van der Waals surface area contributed by atoms with Crippen LogP contribution in [0.3, 0.4) is 0 Å². The molecule has 0 bridgehead atoms. The van der Waals surface area contributed by atoms with Crippen molar-refractivity contribution in [1.82, 2.24) is 4.90 Å². The third-order valence-corrected chi connectivity index (χ3v) is 5.26. The minimum Gasteiger partial charge on any atom is -0.497 e. The van der Waals surface area contributed by atoms with Gasteiger partial charge in [0.05, 0.1) is 12.5 Å². The van der Waals surface area contributed by atoms with Gasteiger partial charge >= 0.3 is 17.7 Å². The molecule has 1 atom stereocenters. The highest BCUT2D eigenvalue weighted by molar-refractivity contribution is 6.05. The Balaban J connectivity index is 1.59. The summed E-state index contributed by atoms with van der Waals surface area (Å²) in [6.45, 7) is 5.75. The second kappa shape index (κ2) is 8.18. The molecule has 0 N–H and O–H groups in total. The van der Waals surface area contributed by atoms with Crippen molar-refractivity contribution in [3.05, 3.63) is 46.8 Å². The van der Waals surface area contributed by atoms with Crippen LogP contribution in [0.25, 0.3) is 21.7 Å². The lowest BCUT2D eigenvalue weighted by atomic mass is 10.1. The first-order valence-corrected chi connectivity index (χ1v) is 10.4. The molecule has 1 saturated heterocycles. The highest BCUT2D eigenvalue weighted by Gasteiger charge is 2.38. The van der Waals surface area contributed by atoms with Gasteiger partial charge < -0.3 is 18.6 Å². The number of carbonyl (C=O) groups is 2. The molecule has 168 valence electrons. The summed E-state index contributed by atoms with van der Waals surface area (Å²) in [5.41, 5.74) is -0.869. The van der Waals surface area contributed by atoms with Crippen molar-refractivity contribution in [2.75, 3.05) is 13.7 Å². The molecule has 2 aromatic carbocycles. The van der Waals surface area contributed by atoms with E-state index in [1.165, 1.54) is 18.1 Å². The number of benzene rings is 2. The normalized spacial score (nSPS) is 16.4. The van der Waals surface area contributed by atoms with Crippen LogP contribution >= 0.6 is 0 Å². The van der Waals surface area contributed by atoms with Crippen LogP contribution in [-0.4, -0.2) is 42.3 Å². The van der Waals surface area contributed by atoms with Crippen molar-refractivity contribution < 1.29 is 28.2 Å². The minimum absolute atomic E-state index is 0.231. The molecule has 1 aliphatic heterocycles. The number of amides is 1. The molecule has 8 nitrogen and oxygen atoms in total. The number of nitrogens with zero attached hydrogens (tertiary/aromatic N) is 1. The van der Waals surface area contributed by atoms with E-state index in [-0.39, 0.29) is 5.75 Å². The SMILES string of the molecule is COc1ccc2c(c1)c(=O)oc1cc(OC(=O)C3CCCN3C(=O)OC(C)(C)C)ccc12. The van der Waals surface area contributed by atoms with Crippen molar-refractivity contribution in [3.8, 4) is 11.5 Å². The van der Waals surface area contributed by atoms with E-state index in [1.54, 1.807) is 51.1 Å². The Hall–Kier alpha value is -3.55. The van der Waals surface area contributed by atoms with E-state index < -0.39 is 29.3 Å². The number of ether oxygens (including phenoxy) is 3. The Morgan fingerprint density at radius 1 is 1.03 bits per heavy atom. The Bertz CT molecular complexity index is 1250. The fraction of sp³-hybridized carbons (Fsp3) is 0.375. The molecule has 0 radical (unpaired) electrons. The summed E-state index contributed by atoms with van der Waals surface area (Å²) >= 11 is 0. The third kappa shape index (κ3) is 4.26. The number of carbonyl (C=O) groups excluding carboxylic acids is 2. The van der Waals surface area contributed by atoms with Gasteiger partial charge in [-0.25, -0.2) is 14.4 Å². The topological polar surface area (TPSA) is 95.3 Å². The van der Waals surface area contributed by atoms with E-state index in [9.17, 15) is 14.4 Å². The summed E-state index contributed by atoms with van der Waals surface area (Å²) in [6, 6.07) is 9.32. The first kappa shape index (κ1) is 21.7. The number of methoxy groups -OCH3 is 1. The smallest absolute Gasteiger partial charge is 0.411 e. The monoisotopic (exact) mass is 439 g/mol. The van der Waals surface area contributed by atoms with Crippen LogP contribution in [0.5, 0.6) is 11.5 Å². The molecule has 1 amide bonds. The molecule has 1 aliphatic rings. The summed E-state index contributed by atoms with van der Waals surface area (Å²) in [6.07, 6.45) is 0.636. The summed E-state index contributed by atoms with van der Waals surface area (Å²) in [5.74, 6) is 0.232. The van der Waals surface area contributed by atoms with Gasteiger partial charge in [0.2, 0.25) is 0 Å². The second-order valence-electron chi connectivity index (χ2n) is 8.71. The van der Waals surface area contributed by atoms with Gasteiger partial charge in [0, 0.05) is 23.4 Å². The van der Waals surface area contributed by atoms with Gasteiger partial charge in [0.25, 0.3) is 0 Å². The molecule has 4 rings (SSSR count). The molecule has 8 heteroatoms. The van der Waals surface area contributed by atoms with Crippen LogP contribution in [0, 0.1) is 0 Å². The molecule has 1 aromatic heterocycles. The lowest BCUT2D eigenvalue weighted by Crippen LogP contribution is -2.44. The number of esters is 1. The molecule has 0 saturated carbocycles. The summed E-state index contributed by atoms with van der Waals surface area (Å²) in [7, 11) is 1.53. The standard InChI is InChI=1S/C24H25NO7/c1-24(2,3)32-23(28)25-11-5-6-19(25)22(27)30-15-8-10-17-16-9-7-14(29-4)12-18(16)21(26)31-20(17)13-15/h7-10,12-13,19H,5-6,11H2,1-4H3. The molecule has 1 fully saturated rings. The van der Waals surface area contributed by atoms with Crippen molar-refractivity contribution in [3.63, 3.8) is 0 Å². The van der Waals surface area contributed by atoms with Crippen LogP contribution in [0.2, 0.25) is 0 Å². The van der Waals surface area contributed by atoms with Crippen LogP contribution in [-0.2, 0) is 9.53 Å². The molecular weight excluding hydrogens is 414 g/mol. The molecule has 0 spiro atoms. The number of likely N-dealkylation sites (tertiary alicyclic amines) is 1. The maximum Gasteiger partial charge on any atom is 0.411 e. The quantitative estimate of drug-likeness (QED) is 0.260. The fourth-order valence-electron chi connectivity index (χ4n) is 3.82. The Morgan fingerprint density at radius 3 is 2.47 bits per heavy atom. The van der Waals surface area contributed by atoms with Crippen molar-refractivity contribution in [1.29, 1.82) is 0 Å². The first-order valence-electron chi connectivity index (χ1n) is 10.4. The molecule has 2 heterocycles. The highest BCUT2D eigenvalue weighted by atomic mass is 16.6. The molecule has 0 aliphatic carbocycles. The second-order valence-corrected chi connectivity index (χ2v) is 8.71. The van der Waals surface area contributed by atoms with Crippen molar-refractivity contribution in [2.45, 2.75) is 45.3 Å².